The van der Waals surface area contributed by atoms with Crippen LogP contribution in [0.3, 0.4) is 0 Å². The van der Waals surface area contributed by atoms with Crippen molar-refractivity contribution in [2.45, 2.75) is 13.3 Å². The minimum atomic E-state index is -0.113. The van der Waals surface area contributed by atoms with Crippen LogP contribution in [0.4, 0.5) is 0 Å². The predicted octanol–water partition coefficient (Wildman–Crippen LogP) is 1.50. The quantitative estimate of drug-likeness (QED) is 0.781. The summed E-state index contributed by atoms with van der Waals surface area (Å²) in [5.74, 6) is -0.113. The van der Waals surface area contributed by atoms with Crippen LogP contribution in [-0.4, -0.2) is 12.5 Å². The normalized spacial score (nSPS) is 9.14. The molecule has 1 N–H and O–H groups in total. The van der Waals surface area contributed by atoms with Gasteiger partial charge in [0.2, 0.25) is 0 Å². The molecule has 1 amide bonds. The molecule has 0 aliphatic rings. The van der Waals surface area contributed by atoms with Crippen LogP contribution in [0.25, 0.3) is 0 Å². The second kappa shape index (κ2) is 5.03. The summed E-state index contributed by atoms with van der Waals surface area (Å²) in [5, 5.41) is 11.3. The third-order valence-electron chi connectivity index (χ3n) is 1.87. The van der Waals surface area contributed by atoms with Crippen molar-refractivity contribution in [1.82, 2.24) is 5.32 Å². The number of carbonyl (C=O) groups is 1. The first-order valence-corrected chi connectivity index (χ1v) is 4.52. The highest BCUT2D eigenvalue weighted by Gasteiger charge is 2.08. The molecule has 0 heterocycles. The fraction of sp³-hybridized carbons (Fsp3) is 0.273. The molecule has 3 nitrogen and oxygen atoms in total. The zero-order valence-electron chi connectivity index (χ0n) is 8.08. The van der Waals surface area contributed by atoms with Crippen LogP contribution >= 0.6 is 0 Å². The molecule has 0 aromatic heterocycles. The first kappa shape index (κ1) is 10.3. The van der Waals surface area contributed by atoms with E-state index in [9.17, 15) is 4.79 Å². The molecule has 0 saturated heterocycles. The van der Waals surface area contributed by atoms with Crippen LogP contribution in [0.2, 0.25) is 0 Å². The number of hydrogen-bond acceptors (Lipinski definition) is 2. The fourth-order valence-electron chi connectivity index (χ4n) is 1.24. The summed E-state index contributed by atoms with van der Waals surface area (Å²) in [7, 11) is 0. The Kier molecular flexibility index (Phi) is 3.69. The topological polar surface area (TPSA) is 52.9 Å². The lowest BCUT2D eigenvalue weighted by Crippen LogP contribution is -2.23. The Hall–Kier alpha value is -1.82. The molecule has 3 heteroatoms. The summed E-state index contributed by atoms with van der Waals surface area (Å²) in [4.78, 5) is 11.5. The number of nitrogens with zero attached hydrogens (tertiary/aromatic N) is 1. The van der Waals surface area contributed by atoms with Gasteiger partial charge in [-0.2, -0.15) is 5.26 Å². The van der Waals surface area contributed by atoms with E-state index in [-0.39, 0.29) is 12.3 Å². The average Bonchev–Trinajstić information content (AvgIpc) is 2.19. The zero-order valence-corrected chi connectivity index (χ0v) is 8.08. The Labute approximate surface area is 83.4 Å². The number of rotatable bonds is 3. The molecule has 0 aliphatic carbocycles. The van der Waals surface area contributed by atoms with Crippen molar-refractivity contribution in [3.05, 3.63) is 35.4 Å². The van der Waals surface area contributed by atoms with Crippen molar-refractivity contribution in [3.8, 4) is 6.07 Å². The Bertz CT molecular complexity index is 366. The van der Waals surface area contributed by atoms with Crippen molar-refractivity contribution < 1.29 is 4.79 Å². The van der Waals surface area contributed by atoms with Gasteiger partial charge in [-0.3, -0.25) is 4.79 Å². The van der Waals surface area contributed by atoms with Gasteiger partial charge in [0.15, 0.2) is 0 Å². The first-order chi connectivity index (χ1) is 6.79. The lowest BCUT2D eigenvalue weighted by Gasteiger charge is -2.05. The van der Waals surface area contributed by atoms with Crippen LogP contribution in [0.15, 0.2) is 24.3 Å². The van der Waals surface area contributed by atoms with Crippen LogP contribution in [0.5, 0.6) is 0 Å². The number of benzene rings is 1. The van der Waals surface area contributed by atoms with Crippen LogP contribution in [-0.2, 0) is 6.42 Å². The van der Waals surface area contributed by atoms with Crippen molar-refractivity contribution >= 4 is 5.91 Å². The summed E-state index contributed by atoms with van der Waals surface area (Å²) >= 11 is 0. The van der Waals surface area contributed by atoms with E-state index >= 15 is 0 Å². The predicted molar refractivity (Wildman–Crippen MR) is 53.8 cm³/mol. The fourth-order valence-corrected chi connectivity index (χ4v) is 1.24. The molecule has 0 aliphatic heterocycles. The number of carbonyl (C=O) groups excluding carboxylic acids is 1. The highest BCUT2D eigenvalue weighted by Crippen LogP contribution is 2.08. The molecule has 14 heavy (non-hydrogen) atoms. The van der Waals surface area contributed by atoms with Crippen LogP contribution < -0.4 is 5.32 Å². The van der Waals surface area contributed by atoms with Gasteiger partial charge >= 0.3 is 0 Å². The number of nitriles is 1. The molecule has 0 fully saturated rings. The van der Waals surface area contributed by atoms with E-state index in [0.29, 0.717) is 12.1 Å². The van der Waals surface area contributed by atoms with Crippen LogP contribution in [0, 0.1) is 11.3 Å². The Morgan fingerprint density at radius 1 is 1.50 bits per heavy atom. The largest absolute Gasteiger partial charge is 0.352 e. The van der Waals surface area contributed by atoms with Crippen molar-refractivity contribution in [2.75, 3.05) is 6.54 Å². The average molecular weight is 188 g/mol. The highest BCUT2D eigenvalue weighted by atomic mass is 16.1. The smallest absolute Gasteiger partial charge is 0.251 e. The zero-order chi connectivity index (χ0) is 10.4. The molecule has 0 unspecified atom stereocenters. The molecule has 1 rings (SSSR count). The lowest BCUT2D eigenvalue weighted by atomic mass is 10.0. The summed E-state index contributed by atoms with van der Waals surface area (Å²) in [6, 6.07) is 9.20. The van der Waals surface area contributed by atoms with Gasteiger partial charge in [0.1, 0.15) is 0 Å². The molecule has 0 bridgehead atoms. The van der Waals surface area contributed by atoms with Gasteiger partial charge in [0.05, 0.1) is 12.5 Å². The van der Waals surface area contributed by atoms with Crippen molar-refractivity contribution in [1.29, 1.82) is 5.26 Å². The third-order valence-corrected chi connectivity index (χ3v) is 1.87. The molecular formula is C11H12N2O. The Balaban J connectivity index is 2.95. The second-order valence-electron chi connectivity index (χ2n) is 2.85. The van der Waals surface area contributed by atoms with Crippen molar-refractivity contribution in [2.24, 2.45) is 0 Å². The molecule has 72 valence electrons. The van der Waals surface area contributed by atoms with Gasteiger partial charge in [-0.05, 0) is 18.6 Å². The Morgan fingerprint density at radius 2 is 2.21 bits per heavy atom. The second-order valence-corrected chi connectivity index (χ2v) is 2.85. The van der Waals surface area contributed by atoms with Gasteiger partial charge in [-0.1, -0.05) is 18.2 Å². The van der Waals surface area contributed by atoms with Gasteiger partial charge < -0.3 is 5.32 Å². The monoisotopic (exact) mass is 188 g/mol. The summed E-state index contributed by atoms with van der Waals surface area (Å²) in [6.45, 7) is 2.46. The van der Waals surface area contributed by atoms with E-state index < -0.39 is 0 Å². The number of nitrogens with one attached hydrogen (secondary N) is 1. The maximum absolute atomic E-state index is 11.5. The number of amides is 1. The maximum Gasteiger partial charge on any atom is 0.251 e. The molecule has 0 saturated carbocycles. The Morgan fingerprint density at radius 3 is 2.86 bits per heavy atom. The molecular weight excluding hydrogens is 176 g/mol. The molecule has 0 atom stereocenters. The molecule has 1 aromatic carbocycles. The minimum Gasteiger partial charge on any atom is -0.352 e. The lowest BCUT2D eigenvalue weighted by molar-refractivity contribution is 0.0955. The molecule has 0 spiro atoms. The van der Waals surface area contributed by atoms with E-state index in [0.717, 1.165) is 5.56 Å². The van der Waals surface area contributed by atoms with E-state index in [4.69, 9.17) is 5.26 Å². The van der Waals surface area contributed by atoms with E-state index in [2.05, 4.69) is 5.32 Å². The standard InChI is InChI=1S/C11H12N2O/c1-2-13-11(14)10-6-4-3-5-9(10)7-8-12/h3-6H,2,7H2,1H3,(H,13,14). The van der Waals surface area contributed by atoms with Crippen LogP contribution in [0.1, 0.15) is 22.8 Å². The van der Waals surface area contributed by atoms with Crippen molar-refractivity contribution in [3.63, 3.8) is 0 Å². The van der Waals surface area contributed by atoms with Gasteiger partial charge in [-0.15, -0.1) is 0 Å². The SMILES string of the molecule is CCNC(=O)c1ccccc1CC#N. The minimum absolute atomic E-state index is 0.113. The van der Waals surface area contributed by atoms with E-state index in [1.807, 2.05) is 19.1 Å². The van der Waals surface area contributed by atoms with E-state index in [1.54, 1.807) is 18.2 Å². The van der Waals surface area contributed by atoms with Gasteiger partial charge in [0.25, 0.3) is 5.91 Å². The van der Waals surface area contributed by atoms with Gasteiger partial charge in [0, 0.05) is 12.1 Å². The maximum atomic E-state index is 11.5. The third kappa shape index (κ3) is 2.33. The first-order valence-electron chi connectivity index (χ1n) is 4.52. The summed E-state index contributed by atoms with van der Waals surface area (Å²) < 4.78 is 0. The highest BCUT2D eigenvalue weighted by molar-refractivity contribution is 5.95. The van der Waals surface area contributed by atoms with Gasteiger partial charge in [-0.25, -0.2) is 0 Å². The molecule has 1 aromatic rings. The number of hydrogen-bond donors (Lipinski definition) is 1. The molecule has 0 radical (unpaired) electrons. The summed E-state index contributed by atoms with van der Waals surface area (Å²) in [5.41, 5.74) is 1.37. The summed E-state index contributed by atoms with van der Waals surface area (Å²) in [6.07, 6.45) is 0.271. The van der Waals surface area contributed by atoms with E-state index in [1.165, 1.54) is 0 Å².